The largest absolute Gasteiger partial charge is 0.464 e. The average Bonchev–Trinajstić information content (AvgIpc) is 2.46. The Morgan fingerprint density at radius 1 is 0.950 bits per heavy atom. The molecule has 1 rings (SSSR count). The van der Waals surface area contributed by atoms with Crippen molar-refractivity contribution in [3.8, 4) is 5.75 Å². The van der Waals surface area contributed by atoms with Gasteiger partial charge in [0, 0.05) is 6.54 Å². The van der Waals surface area contributed by atoms with Crippen LogP contribution >= 0.6 is 0 Å². The van der Waals surface area contributed by atoms with Crippen LogP contribution in [0.5, 0.6) is 5.75 Å². The lowest BCUT2D eigenvalue weighted by Gasteiger charge is -2.15. The first kappa shape index (κ1) is 17.0. The average molecular weight is 279 g/mol. The lowest BCUT2D eigenvalue weighted by molar-refractivity contribution is -0.118. The van der Waals surface area contributed by atoms with Gasteiger partial charge in [0.1, 0.15) is 5.75 Å². The van der Waals surface area contributed by atoms with Gasteiger partial charge in [-0.05, 0) is 25.5 Å². The number of ether oxygens (including phenoxy) is 1. The van der Waals surface area contributed by atoms with Crippen LogP contribution in [-0.2, 0) is 4.84 Å². The van der Waals surface area contributed by atoms with E-state index in [1.54, 1.807) is 0 Å². The first-order chi connectivity index (χ1) is 9.83. The molecule has 3 heteroatoms. The van der Waals surface area contributed by atoms with Crippen LogP contribution in [0.2, 0.25) is 0 Å². The lowest BCUT2D eigenvalue weighted by atomic mass is 10.1. The molecule has 0 radical (unpaired) electrons. The molecule has 0 aliphatic rings. The Morgan fingerprint density at radius 2 is 1.60 bits per heavy atom. The molecule has 0 bridgehead atoms. The Hall–Kier alpha value is -1.06. The summed E-state index contributed by atoms with van der Waals surface area (Å²) in [6, 6.07) is 9.73. The van der Waals surface area contributed by atoms with Crippen LogP contribution in [0, 0.1) is 0 Å². The highest BCUT2D eigenvalue weighted by Crippen LogP contribution is 2.10. The van der Waals surface area contributed by atoms with Crippen LogP contribution in [0.25, 0.3) is 0 Å². The minimum Gasteiger partial charge on any atom is -0.464 e. The number of para-hydroxylation sites is 1. The first-order valence-corrected chi connectivity index (χ1v) is 7.93. The molecular weight excluding hydrogens is 250 g/mol. The topological polar surface area (TPSA) is 30.5 Å². The third-order valence-electron chi connectivity index (χ3n) is 3.18. The Bertz CT molecular complexity index is 316. The second kappa shape index (κ2) is 11.7. The summed E-state index contributed by atoms with van der Waals surface area (Å²) in [5, 5.41) is 0. The van der Waals surface area contributed by atoms with E-state index in [1.807, 2.05) is 37.3 Å². The van der Waals surface area contributed by atoms with Crippen LogP contribution in [-0.4, -0.2) is 12.8 Å². The number of unbranched alkanes of at least 4 members (excludes halogenated alkanes) is 6. The van der Waals surface area contributed by atoms with Gasteiger partial charge in [-0.3, -0.25) is 4.84 Å². The van der Waals surface area contributed by atoms with Crippen LogP contribution in [0.4, 0.5) is 0 Å². The molecule has 1 N–H and O–H groups in total. The molecule has 1 atom stereocenters. The van der Waals surface area contributed by atoms with Crippen LogP contribution in [0.1, 0.15) is 58.8 Å². The van der Waals surface area contributed by atoms with E-state index >= 15 is 0 Å². The van der Waals surface area contributed by atoms with Crippen molar-refractivity contribution in [3.63, 3.8) is 0 Å². The Kier molecular flexibility index (Phi) is 9.98. The third kappa shape index (κ3) is 8.94. The molecule has 20 heavy (non-hydrogen) atoms. The molecule has 0 spiro atoms. The zero-order valence-corrected chi connectivity index (χ0v) is 12.9. The third-order valence-corrected chi connectivity index (χ3v) is 3.18. The molecule has 0 heterocycles. The monoisotopic (exact) mass is 279 g/mol. The van der Waals surface area contributed by atoms with Gasteiger partial charge in [0.15, 0.2) is 0 Å². The molecule has 0 saturated heterocycles. The number of hydroxylamine groups is 1. The van der Waals surface area contributed by atoms with Gasteiger partial charge >= 0.3 is 0 Å². The van der Waals surface area contributed by atoms with E-state index in [9.17, 15) is 0 Å². The van der Waals surface area contributed by atoms with E-state index in [-0.39, 0.29) is 6.29 Å². The normalized spacial score (nSPS) is 12.3. The van der Waals surface area contributed by atoms with E-state index in [1.165, 1.54) is 38.5 Å². The van der Waals surface area contributed by atoms with Gasteiger partial charge in [0.25, 0.3) is 0 Å². The molecule has 0 amide bonds. The second-order valence-corrected chi connectivity index (χ2v) is 5.13. The molecule has 0 saturated carbocycles. The molecule has 0 aromatic heterocycles. The van der Waals surface area contributed by atoms with Crippen molar-refractivity contribution in [2.45, 2.75) is 65.1 Å². The first-order valence-electron chi connectivity index (χ1n) is 7.93. The molecule has 3 nitrogen and oxygen atoms in total. The summed E-state index contributed by atoms with van der Waals surface area (Å²) in [5.41, 5.74) is 2.98. The Labute approximate surface area is 123 Å². The zero-order valence-electron chi connectivity index (χ0n) is 12.9. The van der Waals surface area contributed by atoms with E-state index in [4.69, 9.17) is 9.57 Å². The van der Waals surface area contributed by atoms with Gasteiger partial charge < -0.3 is 4.74 Å². The summed E-state index contributed by atoms with van der Waals surface area (Å²) in [5.74, 6) is 0.831. The van der Waals surface area contributed by atoms with E-state index in [0.29, 0.717) is 0 Å². The van der Waals surface area contributed by atoms with Gasteiger partial charge in [-0.2, -0.15) is 5.48 Å². The minimum atomic E-state index is -0.276. The summed E-state index contributed by atoms with van der Waals surface area (Å²) in [6.45, 7) is 5.03. The van der Waals surface area contributed by atoms with Crippen LogP contribution in [0.15, 0.2) is 30.3 Å². The van der Waals surface area contributed by atoms with Crippen molar-refractivity contribution in [1.29, 1.82) is 0 Å². The number of rotatable bonds is 12. The van der Waals surface area contributed by atoms with Gasteiger partial charge in [-0.1, -0.05) is 63.6 Å². The van der Waals surface area contributed by atoms with Crippen molar-refractivity contribution in [1.82, 2.24) is 5.48 Å². The number of hydrogen-bond acceptors (Lipinski definition) is 3. The summed E-state index contributed by atoms with van der Waals surface area (Å²) >= 11 is 0. The van der Waals surface area contributed by atoms with Gasteiger partial charge in [0.05, 0.1) is 0 Å². The van der Waals surface area contributed by atoms with Crippen LogP contribution in [0.3, 0.4) is 0 Å². The standard InChI is InChI=1S/C17H29NO2/c1-3-4-5-6-7-8-12-15-18-20-16(2)19-17-13-10-9-11-14-17/h9-11,13-14,16,18H,3-8,12,15H2,1-2H3. The van der Waals surface area contributed by atoms with Crippen LogP contribution < -0.4 is 10.2 Å². The smallest absolute Gasteiger partial charge is 0.215 e. The van der Waals surface area contributed by atoms with Crippen molar-refractivity contribution in [2.24, 2.45) is 0 Å². The predicted octanol–water partition coefficient (Wildman–Crippen LogP) is 4.68. The molecule has 1 aromatic rings. The Balaban J connectivity index is 1.91. The number of nitrogens with one attached hydrogen (secondary N) is 1. The SMILES string of the molecule is CCCCCCCCCNOC(C)Oc1ccccc1. The number of benzene rings is 1. The van der Waals surface area contributed by atoms with Gasteiger partial charge in [-0.25, -0.2) is 0 Å². The summed E-state index contributed by atoms with van der Waals surface area (Å²) < 4.78 is 5.60. The minimum absolute atomic E-state index is 0.276. The predicted molar refractivity (Wildman–Crippen MR) is 83.6 cm³/mol. The molecule has 1 unspecified atom stereocenters. The lowest BCUT2D eigenvalue weighted by Crippen LogP contribution is -2.26. The second-order valence-electron chi connectivity index (χ2n) is 5.13. The maximum Gasteiger partial charge on any atom is 0.215 e. The van der Waals surface area contributed by atoms with E-state index in [0.717, 1.165) is 18.7 Å². The highest BCUT2D eigenvalue weighted by molar-refractivity contribution is 5.20. The molecule has 0 aliphatic carbocycles. The fourth-order valence-corrected chi connectivity index (χ4v) is 2.05. The molecular formula is C17H29NO2. The molecule has 114 valence electrons. The van der Waals surface area contributed by atoms with Crippen molar-refractivity contribution >= 4 is 0 Å². The van der Waals surface area contributed by atoms with Crippen molar-refractivity contribution in [2.75, 3.05) is 6.54 Å². The maximum atomic E-state index is 5.60. The fourth-order valence-electron chi connectivity index (χ4n) is 2.05. The van der Waals surface area contributed by atoms with Gasteiger partial charge in [0.2, 0.25) is 6.29 Å². The summed E-state index contributed by atoms with van der Waals surface area (Å²) in [7, 11) is 0. The quantitative estimate of drug-likeness (QED) is 0.342. The molecule has 0 aliphatic heterocycles. The molecule has 0 fully saturated rings. The fraction of sp³-hybridized carbons (Fsp3) is 0.647. The zero-order chi connectivity index (χ0) is 14.5. The highest BCUT2D eigenvalue weighted by atomic mass is 16.8. The van der Waals surface area contributed by atoms with E-state index in [2.05, 4.69) is 12.4 Å². The van der Waals surface area contributed by atoms with Crippen molar-refractivity contribution < 1.29 is 9.57 Å². The van der Waals surface area contributed by atoms with Gasteiger partial charge in [-0.15, -0.1) is 0 Å². The maximum absolute atomic E-state index is 5.60. The summed E-state index contributed by atoms with van der Waals surface area (Å²) in [4.78, 5) is 5.42. The number of hydrogen-bond donors (Lipinski definition) is 1. The molecule has 1 aromatic carbocycles. The van der Waals surface area contributed by atoms with Crippen molar-refractivity contribution in [3.05, 3.63) is 30.3 Å². The Morgan fingerprint density at radius 3 is 2.30 bits per heavy atom. The van der Waals surface area contributed by atoms with E-state index < -0.39 is 0 Å². The highest BCUT2D eigenvalue weighted by Gasteiger charge is 2.02. The summed E-state index contributed by atoms with van der Waals surface area (Å²) in [6.07, 6.45) is 8.91.